The normalized spacial score (nSPS) is 14.3. The average Bonchev–Trinajstić information content (AvgIpc) is 2.92. The summed E-state index contributed by atoms with van der Waals surface area (Å²) in [6.07, 6.45) is 3.74. The predicted molar refractivity (Wildman–Crippen MR) is 86.0 cm³/mol. The topological polar surface area (TPSA) is 24.9 Å². The summed E-state index contributed by atoms with van der Waals surface area (Å²) in [5.41, 5.74) is 1.22. The number of fused-ring (bicyclic) bond motifs is 1. The van der Waals surface area contributed by atoms with E-state index in [-0.39, 0.29) is 0 Å². The van der Waals surface area contributed by atoms with Crippen molar-refractivity contribution >= 4 is 21.4 Å². The third kappa shape index (κ3) is 2.74. The van der Waals surface area contributed by atoms with Crippen LogP contribution >= 0.6 is 11.3 Å². The fourth-order valence-corrected chi connectivity index (χ4v) is 3.48. The first kappa shape index (κ1) is 13.3. The van der Waals surface area contributed by atoms with Crippen molar-refractivity contribution in [3.63, 3.8) is 0 Å². The summed E-state index contributed by atoms with van der Waals surface area (Å²) in [5.74, 6) is 0. The first-order chi connectivity index (χ1) is 9.74. The minimum atomic E-state index is 0.295. The maximum atomic E-state index is 4.18. The molecule has 0 spiro atoms. The summed E-state index contributed by atoms with van der Waals surface area (Å²) in [7, 11) is 0. The molecule has 3 rings (SSSR count). The third-order valence-corrected chi connectivity index (χ3v) is 4.85. The standard InChI is InChI=1S/C17H18N2S/c1-12(15-7-5-9-18-11-15)19-13(2)17-10-14-6-3-4-8-16(14)20-17/h3-13,19H,1-2H3. The lowest BCUT2D eigenvalue weighted by Crippen LogP contribution is -2.21. The Bertz CT molecular complexity index is 657. The average molecular weight is 282 g/mol. The third-order valence-electron chi connectivity index (χ3n) is 3.56. The number of pyridine rings is 1. The number of hydrogen-bond donors (Lipinski definition) is 1. The molecule has 20 heavy (non-hydrogen) atoms. The molecule has 0 saturated heterocycles. The van der Waals surface area contributed by atoms with Crippen LogP contribution in [0.2, 0.25) is 0 Å². The molecule has 0 bridgehead atoms. The number of thiophene rings is 1. The van der Waals surface area contributed by atoms with E-state index in [0.29, 0.717) is 12.1 Å². The predicted octanol–water partition coefficient (Wildman–Crippen LogP) is 4.71. The van der Waals surface area contributed by atoms with E-state index < -0.39 is 0 Å². The molecule has 0 amide bonds. The molecule has 2 heterocycles. The summed E-state index contributed by atoms with van der Waals surface area (Å²) in [5, 5.41) is 4.97. The molecular weight excluding hydrogens is 264 g/mol. The van der Waals surface area contributed by atoms with E-state index >= 15 is 0 Å². The van der Waals surface area contributed by atoms with Crippen LogP contribution in [0.25, 0.3) is 10.1 Å². The molecule has 0 radical (unpaired) electrons. The molecule has 0 aliphatic rings. The number of aromatic nitrogens is 1. The molecule has 2 aromatic heterocycles. The molecule has 0 saturated carbocycles. The molecule has 2 atom stereocenters. The summed E-state index contributed by atoms with van der Waals surface area (Å²) in [4.78, 5) is 5.56. The maximum absolute atomic E-state index is 4.18. The van der Waals surface area contributed by atoms with E-state index in [9.17, 15) is 0 Å². The summed E-state index contributed by atoms with van der Waals surface area (Å²) < 4.78 is 1.35. The molecular formula is C17H18N2S. The zero-order chi connectivity index (χ0) is 13.9. The van der Waals surface area contributed by atoms with Gasteiger partial charge in [0.25, 0.3) is 0 Å². The van der Waals surface area contributed by atoms with Crippen LogP contribution in [0, 0.1) is 0 Å². The van der Waals surface area contributed by atoms with E-state index in [1.54, 1.807) is 0 Å². The van der Waals surface area contributed by atoms with Crippen LogP contribution < -0.4 is 5.32 Å². The highest BCUT2D eigenvalue weighted by Crippen LogP contribution is 2.30. The Morgan fingerprint density at radius 2 is 1.90 bits per heavy atom. The highest BCUT2D eigenvalue weighted by atomic mass is 32.1. The lowest BCUT2D eigenvalue weighted by molar-refractivity contribution is 0.499. The minimum absolute atomic E-state index is 0.295. The van der Waals surface area contributed by atoms with Crippen LogP contribution in [0.4, 0.5) is 0 Å². The van der Waals surface area contributed by atoms with Crippen molar-refractivity contribution in [3.8, 4) is 0 Å². The first-order valence-electron chi connectivity index (χ1n) is 6.88. The fourth-order valence-electron chi connectivity index (χ4n) is 2.40. The number of nitrogens with one attached hydrogen (secondary N) is 1. The second-order valence-electron chi connectivity index (χ2n) is 5.08. The Morgan fingerprint density at radius 1 is 1.05 bits per heavy atom. The largest absolute Gasteiger partial charge is 0.303 e. The number of rotatable bonds is 4. The van der Waals surface area contributed by atoms with Gasteiger partial charge in [-0.3, -0.25) is 4.98 Å². The van der Waals surface area contributed by atoms with Gasteiger partial charge in [-0.25, -0.2) is 0 Å². The van der Waals surface area contributed by atoms with Crippen LogP contribution in [-0.4, -0.2) is 4.98 Å². The van der Waals surface area contributed by atoms with E-state index in [2.05, 4.69) is 60.5 Å². The summed E-state index contributed by atoms with van der Waals surface area (Å²) in [6, 6.07) is 15.6. The Hall–Kier alpha value is -1.71. The maximum Gasteiger partial charge on any atom is 0.0391 e. The van der Waals surface area contributed by atoms with Gasteiger partial charge in [-0.15, -0.1) is 11.3 Å². The van der Waals surface area contributed by atoms with Gasteiger partial charge in [0.2, 0.25) is 0 Å². The molecule has 1 aromatic carbocycles. The lowest BCUT2D eigenvalue weighted by atomic mass is 10.1. The van der Waals surface area contributed by atoms with Gasteiger partial charge in [0, 0.05) is 34.1 Å². The van der Waals surface area contributed by atoms with Crippen LogP contribution in [0.1, 0.15) is 36.4 Å². The number of hydrogen-bond acceptors (Lipinski definition) is 3. The van der Waals surface area contributed by atoms with Gasteiger partial charge in [-0.2, -0.15) is 0 Å². The minimum Gasteiger partial charge on any atom is -0.303 e. The number of benzene rings is 1. The lowest BCUT2D eigenvalue weighted by Gasteiger charge is -2.19. The zero-order valence-corrected chi connectivity index (χ0v) is 12.5. The highest BCUT2D eigenvalue weighted by Gasteiger charge is 2.13. The van der Waals surface area contributed by atoms with Gasteiger partial charge < -0.3 is 5.32 Å². The van der Waals surface area contributed by atoms with Crippen LogP contribution in [0.15, 0.2) is 54.9 Å². The molecule has 0 aliphatic carbocycles. The molecule has 102 valence electrons. The van der Waals surface area contributed by atoms with Gasteiger partial charge in [0.1, 0.15) is 0 Å². The van der Waals surface area contributed by atoms with Crippen molar-refractivity contribution in [1.82, 2.24) is 10.3 Å². The summed E-state index contributed by atoms with van der Waals surface area (Å²) >= 11 is 1.86. The van der Waals surface area contributed by atoms with Gasteiger partial charge in [0.15, 0.2) is 0 Å². The van der Waals surface area contributed by atoms with Crippen molar-refractivity contribution in [3.05, 3.63) is 65.3 Å². The van der Waals surface area contributed by atoms with Crippen LogP contribution in [-0.2, 0) is 0 Å². The van der Waals surface area contributed by atoms with E-state index in [1.807, 2.05) is 29.8 Å². The van der Waals surface area contributed by atoms with Crippen LogP contribution in [0.5, 0.6) is 0 Å². The van der Waals surface area contributed by atoms with E-state index in [1.165, 1.54) is 20.5 Å². The molecule has 2 unspecified atom stereocenters. The monoisotopic (exact) mass is 282 g/mol. The Balaban J connectivity index is 1.77. The smallest absolute Gasteiger partial charge is 0.0391 e. The molecule has 1 N–H and O–H groups in total. The van der Waals surface area contributed by atoms with E-state index in [4.69, 9.17) is 0 Å². The second kappa shape index (κ2) is 5.73. The van der Waals surface area contributed by atoms with Gasteiger partial charge in [0.05, 0.1) is 0 Å². The Morgan fingerprint density at radius 3 is 2.65 bits per heavy atom. The fraction of sp³-hybridized carbons (Fsp3) is 0.235. The first-order valence-corrected chi connectivity index (χ1v) is 7.70. The SMILES string of the molecule is CC(NC(C)c1cc2ccccc2s1)c1cccnc1. The van der Waals surface area contributed by atoms with Crippen molar-refractivity contribution in [2.75, 3.05) is 0 Å². The highest BCUT2D eigenvalue weighted by molar-refractivity contribution is 7.19. The van der Waals surface area contributed by atoms with Crippen molar-refractivity contribution in [2.24, 2.45) is 0 Å². The molecule has 0 aliphatic heterocycles. The summed E-state index contributed by atoms with van der Waals surface area (Å²) in [6.45, 7) is 4.40. The van der Waals surface area contributed by atoms with Gasteiger partial charge in [-0.05, 0) is 43.0 Å². The van der Waals surface area contributed by atoms with E-state index in [0.717, 1.165) is 0 Å². The Labute approximate surface area is 123 Å². The van der Waals surface area contributed by atoms with Crippen molar-refractivity contribution in [2.45, 2.75) is 25.9 Å². The zero-order valence-electron chi connectivity index (χ0n) is 11.7. The molecule has 3 heteroatoms. The quantitative estimate of drug-likeness (QED) is 0.749. The second-order valence-corrected chi connectivity index (χ2v) is 6.20. The van der Waals surface area contributed by atoms with Gasteiger partial charge in [-0.1, -0.05) is 24.3 Å². The van der Waals surface area contributed by atoms with Crippen molar-refractivity contribution < 1.29 is 0 Å². The van der Waals surface area contributed by atoms with Crippen molar-refractivity contribution in [1.29, 1.82) is 0 Å². The molecule has 0 fully saturated rings. The molecule has 2 nitrogen and oxygen atoms in total. The number of nitrogens with zero attached hydrogens (tertiary/aromatic N) is 1. The van der Waals surface area contributed by atoms with Gasteiger partial charge >= 0.3 is 0 Å². The Kier molecular flexibility index (Phi) is 3.81. The molecule has 3 aromatic rings. The van der Waals surface area contributed by atoms with Crippen LogP contribution in [0.3, 0.4) is 0 Å².